The van der Waals surface area contributed by atoms with Gasteiger partial charge in [-0.05, 0) is 71.0 Å². The minimum atomic E-state index is 0.304. The van der Waals surface area contributed by atoms with E-state index in [0.29, 0.717) is 12.2 Å². The average molecular weight is 340 g/mol. The molecule has 1 aromatic carbocycles. The lowest BCUT2D eigenvalue weighted by Gasteiger charge is -2.17. The molecule has 2 rings (SSSR count). The van der Waals surface area contributed by atoms with Crippen molar-refractivity contribution in [2.24, 2.45) is 5.92 Å². The Morgan fingerprint density at radius 1 is 1.35 bits per heavy atom. The highest BCUT2D eigenvalue weighted by atomic mass is 127. The molecule has 1 aromatic rings. The van der Waals surface area contributed by atoms with E-state index in [2.05, 4.69) is 47.7 Å². The van der Waals surface area contributed by atoms with Crippen molar-refractivity contribution in [3.8, 4) is 0 Å². The molecule has 0 N–H and O–H groups in total. The van der Waals surface area contributed by atoms with Gasteiger partial charge in [0.1, 0.15) is 0 Å². The number of Topliss-reactive ketones (excluding diaryl/α,β-unsaturated/α-hetero) is 1. The standard InChI is InChI=1S/C15H17IO/c1-11-2-6-13(7-3-11)15(17)10-12-4-8-14(16)9-5-12/h4-6,8-9,11H,2-3,7,10H2,1H3. The van der Waals surface area contributed by atoms with Gasteiger partial charge >= 0.3 is 0 Å². The molecule has 90 valence electrons. The van der Waals surface area contributed by atoms with E-state index in [1.165, 1.54) is 3.57 Å². The van der Waals surface area contributed by atoms with E-state index in [1.54, 1.807) is 0 Å². The third-order valence-electron chi connectivity index (χ3n) is 3.31. The van der Waals surface area contributed by atoms with Gasteiger partial charge in [-0.1, -0.05) is 25.1 Å². The molecular weight excluding hydrogens is 323 g/mol. The smallest absolute Gasteiger partial charge is 0.162 e. The Kier molecular flexibility index (Phi) is 4.37. The second-order valence-electron chi connectivity index (χ2n) is 4.84. The molecule has 0 aliphatic heterocycles. The zero-order valence-electron chi connectivity index (χ0n) is 10.1. The molecule has 0 aromatic heterocycles. The van der Waals surface area contributed by atoms with Crippen LogP contribution in [0.4, 0.5) is 0 Å². The van der Waals surface area contributed by atoms with E-state index in [1.807, 2.05) is 12.1 Å². The van der Waals surface area contributed by atoms with Crippen LogP contribution in [0.3, 0.4) is 0 Å². The first-order chi connectivity index (χ1) is 8.15. The second-order valence-corrected chi connectivity index (χ2v) is 6.08. The van der Waals surface area contributed by atoms with Gasteiger partial charge in [0.25, 0.3) is 0 Å². The zero-order valence-corrected chi connectivity index (χ0v) is 12.2. The van der Waals surface area contributed by atoms with E-state index in [0.717, 1.165) is 36.3 Å². The number of benzene rings is 1. The van der Waals surface area contributed by atoms with Gasteiger partial charge in [0.05, 0.1) is 0 Å². The number of rotatable bonds is 3. The molecule has 1 atom stereocenters. The lowest BCUT2D eigenvalue weighted by atomic mass is 9.88. The van der Waals surface area contributed by atoms with Crippen LogP contribution in [0.2, 0.25) is 0 Å². The van der Waals surface area contributed by atoms with Gasteiger partial charge in [-0.15, -0.1) is 0 Å². The number of halogens is 1. The summed E-state index contributed by atoms with van der Waals surface area (Å²) in [7, 11) is 0. The molecular formula is C15H17IO. The van der Waals surface area contributed by atoms with Crippen LogP contribution in [-0.2, 0) is 11.2 Å². The predicted octanol–water partition coefficient (Wildman–Crippen LogP) is 4.15. The number of hydrogen-bond donors (Lipinski definition) is 0. The fraction of sp³-hybridized carbons (Fsp3) is 0.400. The van der Waals surface area contributed by atoms with Gasteiger partial charge in [-0.2, -0.15) is 0 Å². The third-order valence-corrected chi connectivity index (χ3v) is 4.03. The molecule has 2 heteroatoms. The van der Waals surface area contributed by atoms with E-state index in [9.17, 15) is 4.79 Å². The highest BCUT2D eigenvalue weighted by Crippen LogP contribution is 2.24. The molecule has 0 amide bonds. The van der Waals surface area contributed by atoms with Gasteiger partial charge in [0, 0.05) is 9.99 Å². The van der Waals surface area contributed by atoms with Crippen LogP contribution in [0, 0.1) is 9.49 Å². The number of hydrogen-bond acceptors (Lipinski definition) is 1. The minimum Gasteiger partial charge on any atom is -0.294 e. The summed E-state index contributed by atoms with van der Waals surface area (Å²) in [6.07, 6.45) is 5.88. The van der Waals surface area contributed by atoms with Gasteiger partial charge in [-0.25, -0.2) is 0 Å². The minimum absolute atomic E-state index is 0.304. The molecule has 0 saturated heterocycles. The molecule has 0 bridgehead atoms. The van der Waals surface area contributed by atoms with Crippen LogP contribution in [0.15, 0.2) is 35.9 Å². The molecule has 0 fully saturated rings. The monoisotopic (exact) mass is 340 g/mol. The number of ketones is 1. The molecule has 1 unspecified atom stereocenters. The SMILES string of the molecule is CC1CC=C(C(=O)Cc2ccc(I)cc2)CC1. The van der Waals surface area contributed by atoms with Crippen LogP contribution in [-0.4, -0.2) is 5.78 Å². The number of carbonyl (C=O) groups is 1. The van der Waals surface area contributed by atoms with Crippen LogP contribution in [0.5, 0.6) is 0 Å². The molecule has 1 nitrogen and oxygen atoms in total. The van der Waals surface area contributed by atoms with E-state index < -0.39 is 0 Å². The molecule has 1 aliphatic carbocycles. The van der Waals surface area contributed by atoms with Crippen LogP contribution >= 0.6 is 22.6 Å². The highest BCUT2D eigenvalue weighted by molar-refractivity contribution is 14.1. The van der Waals surface area contributed by atoms with Crippen LogP contribution in [0.1, 0.15) is 31.7 Å². The molecule has 1 aliphatic rings. The van der Waals surface area contributed by atoms with Gasteiger partial charge < -0.3 is 0 Å². The molecule has 17 heavy (non-hydrogen) atoms. The maximum absolute atomic E-state index is 12.1. The van der Waals surface area contributed by atoms with Crippen molar-refractivity contribution in [1.82, 2.24) is 0 Å². The normalized spacial score (nSPS) is 19.9. The van der Waals surface area contributed by atoms with E-state index >= 15 is 0 Å². The van der Waals surface area contributed by atoms with Crippen molar-refractivity contribution in [3.63, 3.8) is 0 Å². The van der Waals surface area contributed by atoms with Crippen LogP contribution < -0.4 is 0 Å². The summed E-state index contributed by atoms with van der Waals surface area (Å²) < 4.78 is 1.21. The Hall–Kier alpha value is -0.640. The summed E-state index contributed by atoms with van der Waals surface area (Å²) in [5.74, 6) is 1.04. The van der Waals surface area contributed by atoms with Crippen molar-refractivity contribution in [1.29, 1.82) is 0 Å². The fourth-order valence-corrected chi connectivity index (χ4v) is 2.48. The summed E-state index contributed by atoms with van der Waals surface area (Å²) in [6.45, 7) is 2.25. The van der Waals surface area contributed by atoms with Crippen molar-refractivity contribution >= 4 is 28.4 Å². The summed E-state index contributed by atoms with van der Waals surface area (Å²) in [4.78, 5) is 12.1. The highest BCUT2D eigenvalue weighted by Gasteiger charge is 2.16. The summed E-state index contributed by atoms with van der Waals surface area (Å²) in [5.41, 5.74) is 2.16. The lowest BCUT2D eigenvalue weighted by Crippen LogP contribution is -2.11. The summed E-state index contributed by atoms with van der Waals surface area (Å²) in [5, 5.41) is 0. The second kappa shape index (κ2) is 5.80. The lowest BCUT2D eigenvalue weighted by molar-refractivity contribution is -0.115. The zero-order chi connectivity index (χ0) is 12.3. The van der Waals surface area contributed by atoms with Gasteiger partial charge in [-0.3, -0.25) is 4.79 Å². The number of carbonyl (C=O) groups excluding carboxylic acids is 1. The largest absolute Gasteiger partial charge is 0.294 e. The molecule has 0 spiro atoms. The topological polar surface area (TPSA) is 17.1 Å². The van der Waals surface area contributed by atoms with E-state index in [4.69, 9.17) is 0 Å². The molecule has 0 radical (unpaired) electrons. The molecule has 0 heterocycles. The first-order valence-electron chi connectivity index (χ1n) is 6.12. The Morgan fingerprint density at radius 3 is 2.65 bits per heavy atom. The maximum atomic E-state index is 12.1. The third kappa shape index (κ3) is 3.66. The summed E-state index contributed by atoms with van der Waals surface area (Å²) in [6, 6.07) is 8.21. The molecule has 0 saturated carbocycles. The maximum Gasteiger partial charge on any atom is 0.162 e. The van der Waals surface area contributed by atoms with Crippen molar-refractivity contribution in [2.45, 2.75) is 32.6 Å². The Morgan fingerprint density at radius 2 is 2.06 bits per heavy atom. The quantitative estimate of drug-likeness (QED) is 0.756. The predicted molar refractivity (Wildman–Crippen MR) is 79.0 cm³/mol. The first-order valence-corrected chi connectivity index (χ1v) is 7.19. The average Bonchev–Trinajstić information content (AvgIpc) is 2.33. The Bertz CT molecular complexity index is 431. The fourth-order valence-electron chi connectivity index (χ4n) is 2.12. The van der Waals surface area contributed by atoms with Gasteiger partial charge in [0.2, 0.25) is 0 Å². The van der Waals surface area contributed by atoms with Gasteiger partial charge in [0.15, 0.2) is 5.78 Å². The van der Waals surface area contributed by atoms with Crippen LogP contribution in [0.25, 0.3) is 0 Å². The van der Waals surface area contributed by atoms with E-state index in [-0.39, 0.29) is 0 Å². The van der Waals surface area contributed by atoms with Crippen molar-refractivity contribution in [2.75, 3.05) is 0 Å². The van der Waals surface area contributed by atoms with Crippen molar-refractivity contribution < 1.29 is 4.79 Å². The van der Waals surface area contributed by atoms with Crippen molar-refractivity contribution in [3.05, 3.63) is 45.0 Å². The first kappa shape index (κ1) is 12.8. The number of allylic oxidation sites excluding steroid dienone is 2. The Labute approximate surface area is 116 Å². The summed E-state index contributed by atoms with van der Waals surface area (Å²) >= 11 is 2.28. The Balaban J connectivity index is 2.00.